The van der Waals surface area contributed by atoms with E-state index in [0.29, 0.717) is 0 Å². The Balaban J connectivity index is 1.67. The number of rotatable bonds is 3. The fourth-order valence-electron chi connectivity index (χ4n) is 4.56. The topological polar surface area (TPSA) is 56.5 Å². The molecule has 0 aliphatic heterocycles. The number of para-hydroxylation sites is 1. The minimum absolute atomic E-state index is 0.0632. The van der Waals surface area contributed by atoms with Crippen LogP contribution in [0.25, 0.3) is 50.3 Å². The van der Waals surface area contributed by atoms with E-state index in [9.17, 15) is 0 Å². The number of nitrogens with zero attached hydrogens (tertiary/aromatic N) is 5. The Morgan fingerprint density at radius 1 is 0.657 bits per heavy atom. The van der Waals surface area contributed by atoms with Crippen LogP contribution in [-0.2, 0) is 5.41 Å². The minimum atomic E-state index is 0.0632. The van der Waals surface area contributed by atoms with Gasteiger partial charge in [0, 0.05) is 34.9 Å². The normalized spacial score (nSPS) is 11.9. The smallest absolute Gasteiger partial charge is 0.139 e. The quantitative estimate of drug-likeness (QED) is 0.288. The van der Waals surface area contributed by atoms with Crippen LogP contribution >= 0.6 is 0 Å². The van der Waals surface area contributed by atoms with E-state index in [0.717, 1.165) is 39.5 Å². The van der Waals surface area contributed by atoms with Gasteiger partial charge in [-0.3, -0.25) is 19.5 Å². The average Bonchev–Trinajstić information content (AvgIpc) is 3.23. The van der Waals surface area contributed by atoms with Crippen molar-refractivity contribution in [1.82, 2.24) is 24.5 Å². The van der Waals surface area contributed by atoms with E-state index in [1.807, 2.05) is 24.3 Å². The molecule has 6 aromatic rings. The van der Waals surface area contributed by atoms with Crippen molar-refractivity contribution in [2.75, 3.05) is 0 Å². The highest BCUT2D eigenvalue weighted by atomic mass is 15.1. The second kappa shape index (κ2) is 8.13. The molecule has 4 heterocycles. The van der Waals surface area contributed by atoms with Gasteiger partial charge in [-0.1, -0.05) is 51.1 Å². The van der Waals surface area contributed by atoms with Gasteiger partial charge in [-0.15, -0.1) is 0 Å². The van der Waals surface area contributed by atoms with Gasteiger partial charge in [-0.05, 0) is 53.4 Å². The number of benzene rings is 2. The van der Waals surface area contributed by atoms with Crippen molar-refractivity contribution >= 4 is 21.8 Å². The SMILES string of the molecule is CC(C)(C)c1ccc2c(c1)c1ccccc1n2-c1cc(-c2cnccn2)cc(-c2ccccn2)n1. The average molecular weight is 456 g/mol. The number of fused-ring (bicyclic) bond motifs is 3. The van der Waals surface area contributed by atoms with Crippen molar-refractivity contribution < 1.29 is 0 Å². The molecule has 0 saturated carbocycles. The van der Waals surface area contributed by atoms with Crippen molar-refractivity contribution in [3.8, 4) is 28.5 Å². The summed E-state index contributed by atoms with van der Waals surface area (Å²) in [6.45, 7) is 6.75. The van der Waals surface area contributed by atoms with Crippen LogP contribution in [0.3, 0.4) is 0 Å². The first kappa shape index (κ1) is 21.2. The van der Waals surface area contributed by atoms with Gasteiger partial charge in [-0.2, -0.15) is 0 Å². The molecule has 2 aromatic carbocycles. The van der Waals surface area contributed by atoms with Crippen LogP contribution in [0.5, 0.6) is 0 Å². The van der Waals surface area contributed by atoms with Gasteiger partial charge in [0.25, 0.3) is 0 Å². The van der Waals surface area contributed by atoms with E-state index in [2.05, 4.69) is 88.8 Å². The lowest BCUT2D eigenvalue weighted by Gasteiger charge is -2.19. The third kappa shape index (κ3) is 3.75. The maximum absolute atomic E-state index is 5.10. The molecule has 0 saturated heterocycles. The van der Waals surface area contributed by atoms with E-state index in [-0.39, 0.29) is 5.41 Å². The molecular formula is C30H25N5. The zero-order chi connectivity index (χ0) is 24.0. The summed E-state index contributed by atoms with van der Waals surface area (Å²) in [5.41, 5.74) is 6.96. The van der Waals surface area contributed by atoms with Crippen LogP contribution in [0.15, 0.2) is 97.6 Å². The Kier molecular flexibility index (Phi) is 4.92. The Morgan fingerprint density at radius 2 is 1.46 bits per heavy atom. The molecule has 5 heteroatoms. The minimum Gasteiger partial charge on any atom is -0.294 e. The second-order valence-electron chi connectivity index (χ2n) is 9.74. The highest BCUT2D eigenvalue weighted by Crippen LogP contribution is 2.36. The van der Waals surface area contributed by atoms with Crippen molar-refractivity contribution in [2.24, 2.45) is 0 Å². The maximum Gasteiger partial charge on any atom is 0.139 e. The first-order valence-electron chi connectivity index (χ1n) is 11.7. The van der Waals surface area contributed by atoms with Crippen molar-refractivity contribution in [2.45, 2.75) is 26.2 Å². The van der Waals surface area contributed by atoms with Gasteiger partial charge in [0.2, 0.25) is 0 Å². The molecule has 0 N–H and O–H groups in total. The molecular weight excluding hydrogens is 430 g/mol. The number of aromatic nitrogens is 5. The third-order valence-electron chi connectivity index (χ3n) is 6.37. The van der Waals surface area contributed by atoms with Crippen molar-refractivity contribution in [3.05, 3.63) is 103 Å². The van der Waals surface area contributed by atoms with Crippen molar-refractivity contribution in [1.29, 1.82) is 0 Å². The lowest BCUT2D eigenvalue weighted by Crippen LogP contribution is -2.10. The molecule has 0 aliphatic carbocycles. The molecule has 0 radical (unpaired) electrons. The fourth-order valence-corrected chi connectivity index (χ4v) is 4.56. The summed E-state index contributed by atoms with van der Waals surface area (Å²) in [6.07, 6.45) is 6.97. The van der Waals surface area contributed by atoms with Gasteiger partial charge in [0.05, 0.1) is 34.3 Å². The molecule has 35 heavy (non-hydrogen) atoms. The zero-order valence-corrected chi connectivity index (χ0v) is 20.0. The van der Waals surface area contributed by atoms with Crippen LogP contribution in [0.2, 0.25) is 0 Å². The summed E-state index contributed by atoms with van der Waals surface area (Å²) in [6, 6.07) is 25.3. The molecule has 0 spiro atoms. The predicted octanol–water partition coefficient (Wildman–Crippen LogP) is 7.00. The molecule has 4 aromatic heterocycles. The van der Waals surface area contributed by atoms with E-state index in [1.165, 1.54) is 16.3 Å². The van der Waals surface area contributed by atoms with E-state index in [1.54, 1.807) is 24.8 Å². The molecule has 6 rings (SSSR count). The van der Waals surface area contributed by atoms with Crippen LogP contribution in [0, 0.1) is 0 Å². The molecule has 170 valence electrons. The number of hydrogen-bond acceptors (Lipinski definition) is 4. The van der Waals surface area contributed by atoms with E-state index >= 15 is 0 Å². The Labute approximate surface area is 204 Å². The molecule has 5 nitrogen and oxygen atoms in total. The lowest BCUT2D eigenvalue weighted by atomic mass is 9.86. The standard InChI is InChI=1S/C30H25N5/c1-30(2,3)21-11-12-28-23(18-21)22-8-4-5-10-27(22)35(28)29-17-20(26-19-31-14-15-33-26)16-25(34-29)24-9-6-7-13-32-24/h4-19H,1-3H3. The Hall–Kier alpha value is -4.38. The number of hydrogen-bond donors (Lipinski definition) is 0. The van der Waals surface area contributed by atoms with Crippen LogP contribution < -0.4 is 0 Å². The van der Waals surface area contributed by atoms with E-state index in [4.69, 9.17) is 4.98 Å². The largest absolute Gasteiger partial charge is 0.294 e. The second-order valence-corrected chi connectivity index (χ2v) is 9.74. The summed E-state index contributed by atoms with van der Waals surface area (Å²) in [4.78, 5) is 18.5. The predicted molar refractivity (Wildman–Crippen MR) is 142 cm³/mol. The molecule has 0 unspecified atom stereocenters. The molecule has 0 fully saturated rings. The molecule has 0 bridgehead atoms. The number of pyridine rings is 2. The monoisotopic (exact) mass is 455 g/mol. The first-order chi connectivity index (χ1) is 17.0. The van der Waals surface area contributed by atoms with Gasteiger partial charge in [0.1, 0.15) is 5.82 Å². The first-order valence-corrected chi connectivity index (χ1v) is 11.7. The fraction of sp³-hybridized carbons (Fsp3) is 0.133. The molecule has 0 amide bonds. The highest BCUT2D eigenvalue weighted by molar-refractivity contribution is 6.09. The van der Waals surface area contributed by atoms with Crippen LogP contribution in [0.4, 0.5) is 0 Å². The van der Waals surface area contributed by atoms with Crippen LogP contribution in [0.1, 0.15) is 26.3 Å². The molecule has 0 aliphatic rings. The maximum atomic E-state index is 5.10. The lowest BCUT2D eigenvalue weighted by molar-refractivity contribution is 0.591. The van der Waals surface area contributed by atoms with Crippen molar-refractivity contribution in [3.63, 3.8) is 0 Å². The van der Waals surface area contributed by atoms with Gasteiger partial charge < -0.3 is 0 Å². The van der Waals surface area contributed by atoms with Gasteiger partial charge in [-0.25, -0.2) is 4.98 Å². The zero-order valence-electron chi connectivity index (χ0n) is 20.0. The summed E-state index contributed by atoms with van der Waals surface area (Å²) in [7, 11) is 0. The summed E-state index contributed by atoms with van der Waals surface area (Å²) in [5, 5.41) is 2.43. The molecule has 0 atom stereocenters. The summed E-state index contributed by atoms with van der Waals surface area (Å²) < 4.78 is 2.24. The summed E-state index contributed by atoms with van der Waals surface area (Å²) >= 11 is 0. The Morgan fingerprint density at radius 3 is 2.23 bits per heavy atom. The third-order valence-corrected chi connectivity index (χ3v) is 6.37. The summed E-state index contributed by atoms with van der Waals surface area (Å²) in [5.74, 6) is 0.823. The Bertz CT molecular complexity index is 1600. The highest BCUT2D eigenvalue weighted by Gasteiger charge is 2.19. The van der Waals surface area contributed by atoms with Gasteiger partial charge >= 0.3 is 0 Å². The van der Waals surface area contributed by atoms with Crippen LogP contribution in [-0.4, -0.2) is 24.5 Å². The van der Waals surface area contributed by atoms with E-state index < -0.39 is 0 Å². The van der Waals surface area contributed by atoms with Gasteiger partial charge in [0.15, 0.2) is 0 Å².